The Bertz CT molecular complexity index is 782. The molecule has 0 atom stereocenters. The highest BCUT2D eigenvalue weighted by atomic mass is 16.6. The molecule has 0 N–H and O–H groups in total. The number of hydrogen-bond donors (Lipinski definition) is 0. The Labute approximate surface area is 160 Å². The van der Waals surface area contributed by atoms with Gasteiger partial charge in [-0.1, -0.05) is 29.4 Å². The molecule has 2 aromatic rings. The van der Waals surface area contributed by atoms with E-state index in [1.54, 1.807) is 13.3 Å². The largest absolute Gasteiger partial charge is 0.497 e. The minimum absolute atomic E-state index is 0.0358. The number of nitrogens with zero attached hydrogens (tertiary/aromatic N) is 3. The van der Waals surface area contributed by atoms with Gasteiger partial charge in [0.15, 0.2) is 6.61 Å². The van der Waals surface area contributed by atoms with Crippen molar-refractivity contribution in [2.75, 3.05) is 44.8 Å². The summed E-state index contributed by atoms with van der Waals surface area (Å²) in [4.78, 5) is 21.6. The van der Waals surface area contributed by atoms with Crippen LogP contribution in [0.4, 0.5) is 5.69 Å². The quantitative estimate of drug-likeness (QED) is 0.582. The summed E-state index contributed by atoms with van der Waals surface area (Å²) in [5.41, 5.74) is 3.24. The Kier molecular flexibility index (Phi) is 6.30. The number of rotatable bonds is 6. The average Bonchev–Trinajstić information content (AvgIpc) is 2.72. The second-order valence-electron chi connectivity index (χ2n) is 6.43. The minimum Gasteiger partial charge on any atom is -0.497 e. The molecule has 0 bridgehead atoms. The number of carbonyl (C=O) groups excluding carboxylic acids is 1. The highest BCUT2D eigenvalue weighted by Gasteiger charge is 2.21. The molecule has 0 spiro atoms. The molecule has 1 saturated heterocycles. The fourth-order valence-corrected chi connectivity index (χ4v) is 3.02. The van der Waals surface area contributed by atoms with Crippen molar-refractivity contribution >= 4 is 17.8 Å². The third-order valence-corrected chi connectivity index (χ3v) is 4.71. The van der Waals surface area contributed by atoms with Gasteiger partial charge in [0.1, 0.15) is 5.75 Å². The van der Waals surface area contributed by atoms with Gasteiger partial charge in [-0.3, -0.25) is 4.79 Å². The van der Waals surface area contributed by atoms with E-state index in [9.17, 15) is 4.79 Å². The summed E-state index contributed by atoms with van der Waals surface area (Å²) < 4.78 is 5.19. The lowest BCUT2D eigenvalue weighted by Gasteiger charge is -2.35. The molecule has 1 amide bonds. The van der Waals surface area contributed by atoms with Gasteiger partial charge in [0.05, 0.1) is 13.3 Å². The van der Waals surface area contributed by atoms with Crippen molar-refractivity contribution < 1.29 is 14.4 Å². The number of aryl methyl sites for hydroxylation is 1. The topological polar surface area (TPSA) is 54.4 Å². The summed E-state index contributed by atoms with van der Waals surface area (Å²) in [5.74, 6) is 0.808. The number of ether oxygens (including phenoxy) is 1. The minimum atomic E-state index is -0.0368. The van der Waals surface area contributed by atoms with Crippen LogP contribution in [0.15, 0.2) is 53.7 Å². The van der Waals surface area contributed by atoms with Crippen molar-refractivity contribution in [3.05, 3.63) is 59.7 Å². The maximum atomic E-state index is 12.3. The fraction of sp³-hybridized carbons (Fsp3) is 0.333. The molecule has 27 heavy (non-hydrogen) atoms. The van der Waals surface area contributed by atoms with E-state index in [0.29, 0.717) is 13.1 Å². The summed E-state index contributed by atoms with van der Waals surface area (Å²) >= 11 is 0. The molecule has 1 fully saturated rings. The molecule has 142 valence electrons. The highest BCUT2D eigenvalue weighted by Crippen LogP contribution is 2.20. The van der Waals surface area contributed by atoms with Crippen molar-refractivity contribution in [1.29, 1.82) is 0 Å². The van der Waals surface area contributed by atoms with E-state index in [1.165, 1.54) is 0 Å². The Morgan fingerprint density at radius 2 is 1.78 bits per heavy atom. The van der Waals surface area contributed by atoms with Gasteiger partial charge in [0.25, 0.3) is 5.91 Å². The summed E-state index contributed by atoms with van der Waals surface area (Å²) in [6, 6.07) is 15.9. The summed E-state index contributed by atoms with van der Waals surface area (Å²) in [5, 5.41) is 3.92. The van der Waals surface area contributed by atoms with Crippen molar-refractivity contribution in [3.63, 3.8) is 0 Å². The van der Waals surface area contributed by atoms with Crippen LogP contribution in [0, 0.1) is 6.92 Å². The second kappa shape index (κ2) is 9.07. The van der Waals surface area contributed by atoms with E-state index in [-0.39, 0.29) is 12.5 Å². The molecule has 2 aromatic carbocycles. The summed E-state index contributed by atoms with van der Waals surface area (Å²) in [7, 11) is 1.66. The zero-order valence-corrected chi connectivity index (χ0v) is 15.8. The second-order valence-corrected chi connectivity index (χ2v) is 6.43. The molecule has 1 aliphatic heterocycles. The molecule has 6 heteroatoms. The molecule has 0 aromatic heterocycles. The van der Waals surface area contributed by atoms with Crippen LogP contribution in [0.3, 0.4) is 0 Å². The van der Waals surface area contributed by atoms with Crippen LogP contribution in [0.1, 0.15) is 11.1 Å². The number of anilines is 1. The van der Waals surface area contributed by atoms with Gasteiger partial charge < -0.3 is 19.4 Å². The molecular weight excluding hydrogens is 342 g/mol. The molecule has 3 rings (SSSR count). The number of carbonyl (C=O) groups is 1. The smallest absolute Gasteiger partial charge is 0.263 e. The normalized spacial score (nSPS) is 14.4. The molecule has 0 radical (unpaired) electrons. The first kappa shape index (κ1) is 18.8. The molecule has 0 saturated carbocycles. The number of piperazine rings is 1. The highest BCUT2D eigenvalue weighted by molar-refractivity contribution is 5.81. The molecule has 0 aliphatic carbocycles. The Morgan fingerprint density at radius 3 is 2.44 bits per heavy atom. The average molecular weight is 367 g/mol. The Balaban J connectivity index is 1.43. The van der Waals surface area contributed by atoms with Gasteiger partial charge in [-0.2, -0.15) is 0 Å². The van der Waals surface area contributed by atoms with Crippen molar-refractivity contribution in [1.82, 2.24) is 4.90 Å². The van der Waals surface area contributed by atoms with E-state index in [1.807, 2.05) is 60.4 Å². The monoisotopic (exact) mass is 367 g/mol. The predicted octanol–water partition coefficient (Wildman–Crippen LogP) is 2.70. The van der Waals surface area contributed by atoms with E-state index in [4.69, 9.17) is 9.57 Å². The van der Waals surface area contributed by atoms with E-state index < -0.39 is 0 Å². The van der Waals surface area contributed by atoms with Crippen LogP contribution in [-0.4, -0.2) is 56.9 Å². The third-order valence-electron chi connectivity index (χ3n) is 4.71. The van der Waals surface area contributed by atoms with Crippen molar-refractivity contribution in [2.45, 2.75) is 6.92 Å². The van der Waals surface area contributed by atoms with Gasteiger partial charge in [0.2, 0.25) is 0 Å². The maximum Gasteiger partial charge on any atom is 0.263 e. The summed E-state index contributed by atoms with van der Waals surface area (Å²) in [6.07, 6.45) is 1.64. The van der Waals surface area contributed by atoms with E-state index in [0.717, 1.165) is 35.7 Å². The van der Waals surface area contributed by atoms with Gasteiger partial charge in [-0.05, 0) is 42.3 Å². The lowest BCUT2D eigenvalue weighted by Crippen LogP contribution is -2.49. The van der Waals surface area contributed by atoms with Crippen LogP contribution < -0.4 is 9.64 Å². The maximum absolute atomic E-state index is 12.3. The van der Waals surface area contributed by atoms with Crippen LogP contribution in [0.2, 0.25) is 0 Å². The van der Waals surface area contributed by atoms with Crippen LogP contribution in [-0.2, 0) is 9.63 Å². The molecule has 6 nitrogen and oxygen atoms in total. The lowest BCUT2D eigenvalue weighted by atomic mass is 10.1. The Morgan fingerprint density at radius 1 is 1.07 bits per heavy atom. The number of hydrogen-bond acceptors (Lipinski definition) is 5. The lowest BCUT2D eigenvalue weighted by molar-refractivity contribution is -0.136. The number of benzene rings is 2. The zero-order valence-electron chi connectivity index (χ0n) is 15.8. The molecule has 1 aliphatic rings. The third kappa shape index (κ3) is 5.00. The number of methoxy groups -OCH3 is 1. The van der Waals surface area contributed by atoms with Crippen molar-refractivity contribution in [2.24, 2.45) is 5.16 Å². The first-order valence-corrected chi connectivity index (χ1v) is 9.05. The van der Waals surface area contributed by atoms with E-state index in [2.05, 4.69) is 10.1 Å². The first-order chi connectivity index (χ1) is 13.2. The van der Waals surface area contributed by atoms with E-state index >= 15 is 0 Å². The van der Waals surface area contributed by atoms with Gasteiger partial charge in [-0.15, -0.1) is 0 Å². The summed E-state index contributed by atoms with van der Waals surface area (Å²) in [6.45, 7) is 4.92. The number of amides is 1. The van der Waals surface area contributed by atoms with Gasteiger partial charge >= 0.3 is 0 Å². The van der Waals surface area contributed by atoms with Crippen LogP contribution in [0.5, 0.6) is 5.75 Å². The molecule has 1 heterocycles. The van der Waals surface area contributed by atoms with Crippen LogP contribution in [0.25, 0.3) is 0 Å². The molecular formula is C21H25N3O3. The van der Waals surface area contributed by atoms with Crippen LogP contribution >= 0.6 is 0 Å². The SMILES string of the molecule is COc1ccc(N2CCN(C(=O)CO/N=C\c3ccccc3C)CC2)cc1. The standard InChI is InChI=1S/C21H25N3O3/c1-17-5-3-4-6-18(17)15-22-27-16-21(25)24-13-11-23(12-14-24)19-7-9-20(26-2)10-8-19/h3-10,15H,11-14,16H2,1-2H3/b22-15-. The Hall–Kier alpha value is -3.02. The van der Waals surface area contributed by atoms with Gasteiger partial charge in [-0.25, -0.2) is 0 Å². The predicted molar refractivity (Wildman–Crippen MR) is 107 cm³/mol. The first-order valence-electron chi connectivity index (χ1n) is 9.05. The molecule has 0 unspecified atom stereocenters. The van der Waals surface area contributed by atoms with Gasteiger partial charge in [0, 0.05) is 31.9 Å². The van der Waals surface area contributed by atoms with Crippen molar-refractivity contribution in [3.8, 4) is 5.75 Å². The number of oxime groups is 1. The zero-order chi connectivity index (χ0) is 19.1. The fourth-order valence-electron chi connectivity index (χ4n) is 3.02.